The van der Waals surface area contributed by atoms with Crippen molar-refractivity contribution in [2.75, 3.05) is 13.1 Å². The minimum Gasteiger partial charge on any atom is -0.489 e. The number of aromatic nitrogens is 2. The van der Waals surface area contributed by atoms with Crippen molar-refractivity contribution in [1.82, 2.24) is 15.1 Å². The van der Waals surface area contributed by atoms with Gasteiger partial charge < -0.3 is 4.74 Å². The molecule has 1 aromatic heterocycles. The highest BCUT2D eigenvalue weighted by atomic mass is 16.5. The van der Waals surface area contributed by atoms with Gasteiger partial charge in [0.25, 0.3) is 5.56 Å². The number of nitrogens with zero attached hydrogens (tertiary/aromatic N) is 2. The van der Waals surface area contributed by atoms with Gasteiger partial charge >= 0.3 is 0 Å². The van der Waals surface area contributed by atoms with Crippen LogP contribution in [0.2, 0.25) is 0 Å². The molecule has 5 heteroatoms. The molecule has 1 atom stereocenters. The van der Waals surface area contributed by atoms with E-state index in [-0.39, 0.29) is 5.56 Å². The third-order valence-electron chi connectivity index (χ3n) is 5.40. The Hall–Kier alpha value is -2.14. The van der Waals surface area contributed by atoms with E-state index in [0.717, 1.165) is 42.6 Å². The van der Waals surface area contributed by atoms with E-state index in [9.17, 15) is 4.79 Å². The molecule has 0 amide bonds. The summed E-state index contributed by atoms with van der Waals surface area (Å²) < 4.78 is 6.19. The Bertz CT molecular complexity index is 730. The van der Waals surface area contributed by atoms with Gasteiger partial charge in [-0.05, 0) is 49.6 Å². The van der Waals surface area contributed by atoms with Gasteiger partial charge in [0.1, 0.15) is 11.9 Å². The Morgan fingerprint density at radius 3 is 2.52 bits per heavy atom. The predicted molar refractivity (Wildman–Crippen MR) is 97.8 cm³/mol. The van der Waals surface area contributed by atoms with Gasteiger partial charge in [-0.25, -0.2) is 5.10 Å². The molecule has 25 heavy (non-hydrogen) atoms. The zero-order chi connectivity index (χ0) is 17.1. The van der Waals surface area contributed by atoms with Gasteiger partial charge in [-0.2, -0.15) is 5.10 Å². The van der Waals surface area contributed by atoms with Crippen LogP contribution in [0.25, 0.3) is 11.3 Å². The lowest BCUT2D eigenvalue weighted by molar-refractivity contribution is 0.155. The van der Waals surface area contributed by atoms with Crippen LogP contribution in [-0.4, -0.2) is 40.3 Å². The van der Waals surface area contributed by atoms with E-state index < -0.39 is 0 Å². The number of H-pyrrole nitrogens is 1. The number of rotatable bonds is 4. The Labute approximate surface area is 148 Å². The van der Waals surface area contributed by atoms with Crippen molar-refractivity contribution in [2.24, 2.45) is 0 Å². The number of benzene rings is 1. The summed E-state index contributed by atoms with van der Waals surface area (Å²) in [5.74, 6) is 0.906. The van der Waals surface area contributed by atoms with Crippen molar-refractivity contribution < 1.29 is 4.74 Å². The SMILES string of the molecule is O=c1ccc(-c2ccc(O[C@@H]3CCN(C4CCCCC4)C3)cc2)n[nH]1. The molecule has 1 saturated carbocycles. The fraction of sp³-hybridized carbons (Fsp3) is 0.500. The number of nitrogens with one attached hydrogen (secondary N) is 1. The van der Waals surface area contributed by atoms with Crippen molar-refractivity contribution >= 4 is 0 Å². The highest BCUT2D eigenvalue weighted by Gasteiger charge is 2.30. The predicted octanol–water partition coefficient (Wildman–Crippen LogP) is 3.22. The summed E-state index contributed by atoms with van der Waals surface area (Å²) in [7, 11) is 0. The molecule has 1 aliphatic heterocycles. The number of likely N-dealkylation sites (tertiary alicyclic amines) is 1. The standard InChI is InChI=1S/C20H25N3O2/c24-20-11-10-19(21-22-20)15-6-8-17(9-7-15)25-18-12-13-23(14-18)16-4-2-1-3-5-16/h6-11,16,18H,1-5,12-14H2,(H,22,24)/t18-/m1/s1. The molecule has 2 heterocycles. The zero-order valence-electron chi connectivity index (χ0n) is 14.5. The van der Waals surface area contributed by atoms with Gasteiger partial charge in [-0.3, -0.25) is 9.69 Å². The first-order valence-electron chi connectivity index (χ1n) is 9.35. The summed E-state index contributed by atoms with van der Waals surface area (Å²) in [6.07, 6.45) is 8.28. The van der Waals surface area contributed by atoms with Crippen LogP contribution < -0.4 is 10.3 Å². The third-order valence-corrected chi connectivity index (χ3v) is 5.40. The van der Waals surface area contributed by atoms with Gasteiger partial charge in [0, 0.05) is 30.8 Å². The van der Waals surface area contributed by atoms with Gasteiger partial charge in [0.05, 0.1) is 5.69 Å². The van der Waals surface area contributed by atoms with Crippen LogP contribution in [0.15, 0.2) is 41.2 Å². The Morgan fingerprint density at radius 1 is 1.00 bits per heavy atom. The van der Waals surface area contributed by atoms with Gasteiger partial charge in [-0.1, -0.05) is 19.3 Å². The first kappa shape index (κ1) is 16.3. The maximum absolute atomic E-state index is 11.1. The Balaban J connectivity index is 1.35. The van der Waals surface area contributed by atoms with E-state index in [1.807, 2.05) is 24.3 Å². The number of hydrogen-bond donors (Lipinski definition) is 1. The van der Waals surface area contributed by atoms with Crippen molar-refractivity contribution in [3.05, 3.63) is 46.8 Å². The molecule has 0 spiro atoms. The van der Waals surface area contributed by atoms with E-state index in [0.29, 0.717) is 6.10 Å². The second kappa shape index (κ2) is 7.40. The maximum atomic E-state index is 11.1. The van der Waals surface area contributed by atoms with Crippen molar-refractivity contribution in [3.63, 3.8) is 0 Å². The molecule has 2 aromatic rings. The highest BCUT2D eigenvalue weighted by molar-refractivity contribution is 5.59. The summed E-state index contributed by atoms with van der Waals surface area (Å²) in [6, 6.07) is 12.0. The molecule has 2 aliphatic rings. The van der Waals surface area contributed by atoms with Crippen LogP contribution in [-0.2, 0) is 0 Å². The van der Waals surface area contributed by atoms with E-state index in [1.54, 1.807) is 6.07 Å². The van der Waals surface area contributed by atoms with Crippen LogP contribution in [0.3, 0.4) is 0 Å². The topological polar surface area (TPSA) is 58.2 Å². The highest BCUT2D eigenvalue weighted by Crippen LogP contribution is 2.28. The summed E-state index contributed by atoms with van der Waals surface area (Å²) in [5, 5.41) is 6.52. The summed E-state index contributed by atoms with van der Waals surface area (Å²) in [5.41, 5.74) is 1.54. The van der Waals surface area contributed by atoms with E-state index in [1.165, 1.54) is 38.2 Å². The summed E-state index contributed by atoms with van der Waals surface area (Å²) in [6.45, 7) is 2.21. The fourth-order valence-electron chi connectivity index (χ4n) is 4.03. The van der Waals surface area contributed by atoms with E-state index in [2.05, 4.69) is 15.1 Å². The van der Waals surface area contributed by atoms with Crippen LogP contribution >= 0.6 is 0 Å². The second-order valence-electron chi connectivity index (χ2n) is 7.15. The molecule has 1 saturated heterocycles. The quantitative estimate of drug-likeness (QED) is 0.929. The van der Waals surface area contributed by atoms with Gasteiger partial charge in [0.15, 0.2) is 0 Å². The molecule has 0 bridgehead atoms. The van der Waals surface area contributed by atoms with Crippen LogP contribution in [0.5, 0.6) is 5.75 Å². The first-order valence-corrected chi connectivity index (χ1v) is 9.35. The van der Waals surface area contributed by atoms with E-state index in [4.69, 9.17) is 4.74 Å². The lowest BCUT2D eigenvalue weighted by Gasteiger charge is -2.30. The fourth-order valence-corrected chi connectivity index (χ4v) is 4.03. The molecule has 4 rings (SSSR count). The Kier molecular flexibility index (Phi) is 4.83. The summed E-state index contributed by atoms with van der Waals surface area (Å²) in [4.78, 5) is 13.7. The monoisotopic (exact) mass is 339 g/mol. The molecule has 5 nitrogen and oxygen atoms in total. The normalized spacial score (nSPS) is 22.2. The largest absolute Gasteiger partial charge is 0.489 e. The smallest absolute Gasteiger partial charge is 0.264 e. The van der Waals surface area contributed by atoms with Crippen LogP contribution in [0.1, 0.15) is 38.5 Å². The molecular weight excluding hydrogens is 314 g/mol. The average molecular weight is 339 g/mol. The molecular formula is C20H25N3O2. The number of ether oxygens (including phenoxy) is 1. The zero-order valence-corrected chi connectivity index (χ0v) is 14.5. The minimum absolute atomic E-state index is 0.188. The third kappa shape index (κ3) is 3.93. The molecule has 132 valence electrons. The lowest BCUT2D eigenvalue weighted by atomic mass is 9.94. The molecule has 1 aliphatic carbocycles. The van der Waals surface area contributed by atoms with Crippen molar-refractivity contribution in [1.29, 1.82) is 0 Å². The molecule has 0 unspecified atom stereocenters. The average Bonchev–Trinajstić information content (AvgIpc) is 3.12. The lowest BCUT2D eigenvalue weighted by Crippen LogP contribution is -2.36. The molecule has 1 aromatic carbocycles. The van der Waals surface area contributed by atoms with Crippen molar-refractivity contribution in [3.8, 4) is 17.0 Å². The van der Waals surface area contributed by atoms with Gasteiger partial charge in [-0.15, -0.1) is 0 Å². The van der Waals surface area contributed by atoms with Crippen LogP contribution in [0, 0.1) is 0 Å². The minimum atomic E-state index is -0.188. The maximum Gasteiger partial charge on any atom is 0.264 e. The molecule has 1 N–H and O–H groups in total. The number of hydrogen-bond acceptors (Lipinski definition) is 4. The number of aromatic amines is 1. The first-order chi connectivity index (χ1) is 12.3. The molecule has 0 radical (unpaired) electrons. The Morgan fingerprint density at radius 2 is 1.80 bits per heavy atom. The van der Waals surface area contributed by atoms with Gasteiger partial charge in [0.2, 0.25) is 0 Å². The molecule has 2 fully saturated rings. The second-order valence-corrected chi connectivity index (χ2v) is 7.15. The van der Waals surface area contributed by atoms with Crippen LogP contribution in [0.4, 0.5) is 0 Å². The van der Waals surface area contributed by atoms with E-state index >= 15 is 0 Å². The van der Waals surface area contributed by atoms with Crippen molar-refractivity contribution in [2.45, 2.75) is 50.7 Å². The summed E-state index contributed by atoms with van der Waals surface area (Å²) >= 11 is 0.